The Morgan fingerprint density at radius 3 is 2.24 bits per heavy atom. The van der Waals surface area contributed by atoms with Gasteiger partial charge < -0.3 is 10.2 Å². The molecule has 0 aliphatic heterocycles. The van der Waals surface area contributed by atoms with Crippen molar-refractivity contribution in [2.75, 3.05) is 0 Å². The monoisotopic (exact) mass is 292 g/mol. The number of aryl methyl sites for hydroxylation is 1. The Morgan fingerprint density at radius 2 is 1.71 bits per heavy atom. The van der Waals surface area contributed by atoms with Crippen molar-refractivity contribution in [1.29, 1.82) is 0 Å². The van der Waals surface area contributed by atoms with E-state index in [4.69, 9.17) is 0 Å². The lowest BCUT2D eigenvalue weighted by molar-refractivity contribution is 0.00634. The lowest BCUT2D eigenvalue weighted by atomic mass is 9.82. The van der Waals surface area contributed by atoms with Crippen molar-refractivity contribution < 1.29 is 10.2 Å². The highest BCUT2D eigenvalue weighted by Crippen LogP contribution is 2.30. The van der Waals surface area contributed by atoms with Gasteiger partial charge in [-0.3, -0.25) is 0 Å². The van der Waals surface area contributed by atoms with Gasteiger partial charge in [0.25, 0.3) is 0 Å². The fourth-order valence-corrected chi connectivity index (χ4v) is 2.77. The first-order valence-electron chi connectivity index (χ1n) is 8.14. The molecule has 0 heterocycles. The third-order valence-corrected chi connectivity index (χ3v) is 4.30. The van der Waals surface area contributed by atoms with E-state index < -0.39 is 12.2 Å². The second-order valence-electron chi connectivity index (χ2n) is 7.38. The summed E-state index contributed by atoms with van der Waals surface area (Å²) in [5.41, 5.74) is 3.99. The maximum absolute atomic E-state index is 10.2. The molecule has 120 valence electrons. The van der Waals surface area contributed by atoms with Gasteiger partial charge in [0.1, 0.15) is 0 Å². The van der Waals surface area contributed by atoms with Crippen LogP contribution >= 0.6 is 0 Å². The van der Waals surface area contributed by atoms with Crippen LogP contribution in [0.3, 0.4) is 0 Å². The number of rotatable bonds is 6. The van der Waals surface area contributed by atoms with Gasteiger partial charge in [0.05, 0.1) is 12.2 Å². The van der Waals surface area contributed by atoms with Crippen molar-refractivity contribution in [1.82, 2.24) is 0 Å². The van der Waals surface area contributed by atoms with Gasteiger partial charge >= 0.3 is 0 Å². The van der Waals surface area contributed by atoms with Gasteiger partial charge in [0, 0.05) is 0 Å². The lowest BCUT2D eigenvalue weighted by Gasteiger charge is -2.25. The summed E-state index contributed by atoms with van der Waals surface area (Å²) in [7, 11) is 0. The van der Waals surface area contributed by atoms with Crippen LogP contribution in [0, 0.1) is 6.92 Å². The van der Waals surface area contributed by atoms with Gasteiger partial charge in [-0.25, -0.2) is 0 Å². The van der Waals surface area contributed by atoms with E-state index in [1.165, 1.54) is 16.7 Å². The molecular weight excluding hydrogens is 260 g/mol. The van der Waals surface area contributed by atoms with Crippen molar-refractivity contribution in [3.8, 4) is 0 Å². The third-order valence-electron chi connectivity index (χ3n) is 4.30. The summed E-state index contributed by atoms with van der Waals surface area (Å²) in [5.74, 6) is 0.244. The van der Waals surface area contributed by atoms with Gasteiger partial charge in [-0.1, -0.05) is 59.2 Å². The van der Waals surface area contributed by atoms with E-state index >= 15 is 0 Å². The number of hydrogen-bond acceptors (Lipinski definition) is 2. The van der Waals surface area contributed by atoms with E-state index in [1.807, 2.05) is 6.92 Å². The number of aliphatic hydroxyl groups excluding tert-OH is 2. The van der Waals surface area contributed by atoms with Crippen LogP contribution in [0.15, 0.2) is 18.2 Å². The largest absolute Gasteiger partial charge is 0.390 e. The molecule has 1 aromatic rings. The first-order valence-corrected chi connectivity index (χ1v) is 8.14. The van der Waals surface area contributed by atoms with E-state index in [-0.39, 0.29) is 11.3 Å². The van der Waals surface area contributed by atoms with Gasteiger partial charge in [0.2, 0.25) is 0 Å². The zero-order chi connectivity index (χ0) is 16.2. The van der Waals surface area contributed by atoms with Crippen LogP contribution in [-0.4, -0.2) is 22.4 Å². The highest BCUT2D eigenvalue weighted by atomic mass is 16.3. The van der Waals surface area contributed by atoms with Gasteiger partial charge in [-0.05, 0) is 47.8 Å². The van der Waals surface area contributed by atoms with Crippen molar-refractivity contribution in [2.24, 2.45) is 0 Å². The standard InChI is InChI=1S/C19H32O2/c1-7-8-17(20)18(21)11-14(3)16-12-15(19(4,5)6)10-9-13(16)2/h9-10,12,14,17-18,20-21H,7-8,11H2,1-6H3. The molecule has 0 saturated carbocycles. The normalized spacial score (nSPS) is 16.6. The molecule has 0 saturated heterocycles. The maximum Gasteiger partial charge on any atom is 0.0804 e. The van der Waals surface area contributed by atoms with Gasteiger partial charge in [0.15, 0.2) is 0 Å². The summed E-state index contributed by atoms with van der Waals surface area (Å²) in [4.78, 5) is 0. The molecule has 0 amide bonds. The van der Waals surface area contributed by atoms with Crippen LogP contribution in [-0.2, 0) is 5.41 Å². The molecule has 2 N–H and O–H groups in total. The topological polar surface area (TPSA) is 40.5 Å². The molecule has 21 heavy (non-hydrogen) atoms. The first kappa shape index (κ1) is 18.2. The van der Waals surface area contributed by atoms with Crippen LogP contribution in [0.1, 0.15) is 76.5 Å². The molecule has 0 aromatic heterocycles. The zero-order valence-electron chi connectivity index (χ0n) is 14.5. The smallest absolute Gasteiger partial charge is 0.0804 e. The van der Waals surface area contributed by atoms with Crippen molar-refractivity contribution in [2.45, 2.75) is 84.3 Å². The molecular formula is C19H32O2. The summed E-state index contributed by atoms with van der Waals surface area (Å²) in [6.45, 7) is 12.9. The average molecular weight is 292 g/mol. The Bertz CT molecular complexity index is 445. The van der Waals surface area contributed by atoms with Gasteiger partial charge in [-0.2, -0.15) is 0 Å². The Kier molecular flexibility index (Phi) is 6.42. The van der Waals surface area contributed by atoms with Crippen LogP contribution < -0.4 is 0 Å². The van der Waals surface area contributed by atoms with Gasteiger partial charge in [-0.15, -0.1) is 0 Å². The van der Waals surface area contributed by atoms with Crippen molar-refractivity contribution >= 4 is 0 Å². The minimum Gasteiger partial charge on any atom is -0.390 e. The molecule has 3 atom stereocenters. The Hall–Kier alpha value is -0.860. The van der Waals surface area contributed by atoms with E-state index in [0.29, 0.717) is 12.8 Å². The summed E-state index contributed by atoms with van der Waals surface area (Å²) < 4.78 is 0. The minimum absolute atomic E-state index is 0.127. The molecule has 2 nitrogen and oxygen atoms in total. The fourth-order valence-electron chi connectivity index (χ4n) is 2.77. The van der Waals surface area contributed by atoms with E-state index in [2.05, 4.69) is 52.8 Å². The lowest BCUT2D eigenvalue weighted by Crippen LogP contribution is -2.27. The molecule has 0 bridgehead atoms. The fraction of sp³-hybridized carbons (Fsp3) is 0.684. The molecule has 0 aliphatic rings. The zero-order valence-corrected chi connectivity index (χ0v) is 14.5. The number of benzene rings is 1. The second kappa shape index (κ2) is 7.42. The van der Waals surface area contributed by atoms with Crippen LogP contribution in [0.2, 0.25) is 0 Å². The molecule has 0 fully saturated rings. The number of hydrogen-bond donors (Lipinski definition) is 2. The predicted octanol–water partition coefficient (Wildman–Crippen LogP) is 4.31. The highest BCUT2D eigenvalue weighted by molar-refractivity contribution is 5.36. The third kappa shape index (κ3) is 5.12. The predicted molar refractivity (Wildman–Crippen MR) is 89.8 cm³/mol. The SMILES string of the molecule is CCCC(O)C(O)CC(C)c1cc(C(C)(C)C)ccc1C. The van der Waals surface area contributed by atoms with E-state index in [1.54, 1.807) is 0 Å². The minimum atomic E-state index is -0.641. The van der Waals surface area contributed by atoms with Crippen molar-refractivity contribution in [3.05, 3.63) is 34.9 Å². The number of aliphatic hydroxyl groups is 2. The quantitative estimate of drug-likeness (QED) is 0.820. The van der Waals surface area contributed by atoms with Crippen LogP contribution in [0.4, 0.5) is 0 Å². The highest BCUT2D eigenvalue weighted by Gasteiger charge is 2.22. The van der Waals surface area contributed by atoms with E-state index in [9.17, 15) is 10.2 Å². The van der Waals surface area contributed by atoms with Crippen molar-refractivity contribution in [3.63, 3.8) is 0 Å². The Balaban J connectivity index is 2.89. The maximum atomic E-state index is 10.2. The molecule has 0 aliphatic carbocycles. The second-order valence-corrected chi connectivity index (χ2v) is 7.38. The summed E-state index contributed by atoms with van der Waals surface area (Å²) in [5, 5.41) is 20.1. The average Bonchev–Trinajstić information content (AvgIpc) is 2.37. The first-order chi connectivity index (χ1) is 9.66. The molecule has 2 heteroatoms. The summed E-state index contributed by atoms with van der Waals surface area (Å²) in [6, 6.07) is 6.62. The molecule has 0 spiro atoms. The van der Waals surface area contributed by atoms with Crippen LogP contribution in [0.5, 0.6) is 0 Å². The Morgan fingerprint density at radius 1 is 1.10 bits per heavy atom. The summed E-state index contributed by atoms with van der Waals surface area (Å²) >= 11 is 0. The molecule has 1 rings (SSSR count). The van der Waals surface area contributed by atoms with Crippen LogP contribution in [0.25, 0.3) is 0 Å². The molecule has 3 unspecified atom stereocenters. The summed E-state index contributed by atoms with van der Waals surface area (Å²) in [6.07, 6.45) is 0.913. The van der Waals surface area contributed by atoms with E-state index in [0.717, 1.165) is 6.42 Å². The molecule has 1 aromatic carbocycles. The Labute approximate surface area is 130 Å². The molecule has 0 radical (unpaired) electrons.